The Bertz CT molecular complexity index is 649. The second-order valence-corrected chi connectivity index (χ2v) is 13.3. The number of rotatable bonds is 5. The Balaban J connectivity index is 4.17. The van der Waals surface area contributed by atoms with Crippen molar-refractivity contribution in [3.05, 3.63) is 27.8 Å². The first-order valence-electron chi connectivity index (χ1n) is 11.7. The van der Waals surface area contributed by atoms with Gasteiger partial charge in [0.2, 0.25) is 0 Å². The van der Waals surface area contributed by atoms with Crippen molar-refractivity contribution in [3.63, 3.8) is 0 Å². The molecule has 0 aromatic heterocycles. The number of ether oxygens (including phenoxy) is 1. The van der Waals surface area contributed by atoms with E-state index in [-0.39, 0.29) is 21.8 Å². The van der Waals surface area contributed by atoms with Gasteiger partial charge in [0.05, 0.1) is 0 Å². The van der Waals surface area contributed by atoms with Crippen LogP contribution in [0.2, 0.25) is 0 Å². The number of hydrogen-bond acceptors (Lipinski definition) is 1. The van der Waals surface area contributed by atoms with Crippen LogP contribution in [-0.4, -0.2) is 5.60 Å². The van der Waals surface area contributed by atoms with Gasteiger partial charge in [0.15, 0.2) is 0 Å². The van der Waals surface area contributed by atoms with Gasteiger partial charge in [-0.3, -0.25) is 0 Å². The normalized spacial score (nSPS) is 13.7. The fourth-order valence-corrected chi connectivity index (χ4v) is 4.49. The maximum Gasteiger partial charge on any atom is 0.127 e. The molecule has 1 nitrogen and oxygen atoms in total. The van der Waals surface area contributed by atoms with Gasteiger partial charge >= 0.3 is 0 Å². The molecule has 0 atom stereocenters. The van der Waals surface area contributed by atoms with E-state index in [0.717, 1.165) is 25.7 Å². The molecule has 0 amide bonds. The molecule has 0 aliphatic heterocycles. The molecule has 168 valence electrons. The molecule has 1 rings (SSSR count). The van der Waals surface area contributed by atoms with Gasteiger partial charge in [-0.2, -0.15) is 0 Å². The monoisotopic (exact) mass is 402 g/mol. The maximum atomic E-state index is 6.81. The quantitative estimate of drug-likeness (QED) is 0.480. The Morgan fingerprint density at radius 3 is 1.10 bits per heavy atom. The van der Waals surface area contributed by atoms with Crippen molar-refractivity contribution in [1.29, 1.82) is 0 Å². The van der Waals surface area contributed by atoms with Gasteiger partial charge < -0.3 is 4.74 Å². The van der Waals surface area contributed by atoms with Gasteiger partial charge in [-0.15, -0.1) is 0 Å². The van der Waals surface area contributed by atoms with E-state index in [1.807, 2.05) is 0 Å². The van der Waals surface area contributed by atoms with Crippen LogP contribution < -0.4 is 4.74 Å². The third-order valence-electron chi connectivity index (χ3n) is 5.16. The lowest BCUT2D eigenvalue weighted by Gasteiger charge is -2.37. The topological polar surface area (TPSA) is 9.23 Å². The third kappa shape index (κ3) is 7.34. The molecule has 0 N–H and O–H groups in total. The number of hydrogen-bond donors (Lipinski definition) is 0. The van der Waals surface area contributed by atoms with Crippen molar-refractivity contribution in [2.45, 2.75) is 134 Å². The van der Waals surface area contributed by atoms with E-state index in [4.69, 9.17) is 4.74 Å². The van der Waals surface area contributed by atoms with Gasteiger partial charge in [0.25, 0.3) is 0 Å². The highest BCUT2D eigenvalue weighted by molar-refractivity contribution is 5.59. The molecule has 29 heavy (non-hydrogen) atoms. The molecule has 0 radical (unpaired) electrons. The predicted molar refractivity (Wildman–Crippen MR) is 131 cm³/mol. The van der Waals surface area contributed by atoms with Gasteiger partial charge in [0, 0.05) is 0 Å². The molecule has 0 aliphatic carbocycles. The van der Waals surface area contributed by atoms with Gasteiger partial charge in [-0.05, 0) is 90.5 Å². The largest absolute Gasteiger partial charge is 0.488 e. The van der Waals surface area contributed by atoms with E-state index < -0.39 is 0 Å². The van der Waals surface area contributed by atoms with Crippen LogP contribution in [0.25, 0.3) is 0 Å². The molecule has 0 spiro atoms. The lowest BCUT2D eigenvalue weighted by molar-refractivity contribution is 0.125. The first-order valence-corrected chi connectivity index (χ1v) is 11.7. The van der Waals surface area contributed by atoms with E-state index in [1.165, 1.54) is 28.0 Å². The van der Waals surface area contributed by atoms with Crippen molar-refractivity contribution in [1.82, 2.24) is 0 Å². The third-order valence-corrected chi connectivity index (χ3v) is 5.16. The Morgan fingerprint density at radius 1 is 0.552 bits per heavy atom. The minimum absolute atomic E-state index is 0.121. The molecule has 0 heterocycles. The van der Waals surface area contributed by atoms with Crippen LogP contribution in [0.5, 0.6) is 5.75 Å². The van der Waals surface area contributed by atoms with Crippen molar-refractivity contribution in [2.24, 2.45) is 10.8 Å². The highest BCUT2D eigenvalue weighted by atomic mass is 16.5. The fourth-order valence-electron chi connectivity index (χ4n) is 4.49. The summed E-state index contributed by atoms with van der Waals surface area (Å²) in [4.78, 5) is 0. The highest BCUT2D eigenvalue weighted by Crippen LogP contribution is 2.45. The fraction of sp³-hybridized carbons (Fsp3) is 0.786. The molecule has 0 fully saturated rings. The minimum Gasteiger partial charge on any atom is -0.488 e. The van der Waals surface area contributed by atoms with Crippen LogP contribution in [0.15, 0.2) is 0 Å². The summed E-state index contributed by atoms with van der Waals surface area (Å²) in [5, 5.41) is 0. The Morgan fingerprint density at radius 2 is 0.897 bits per heavy atom. The summed E-state index contributed by atoms with van der Waals surface area (Å²) in [5.74, 6) is 1.18. The standard InChI is InChI=1S/C28H50O/c1-15-19-21(17-25(3,4)5)24(29-28(12,13)14)22(18-26(6,7)8)20(16-2)23(19)27(9,10)11/h15-18H2,1-14H3. The van der Waals surface area contributed by atoms with E-state index >= 15 is 0 Å². The molecule has 1 heteroatoms. The lowest BCUT2D eigenvalue weighted by Crippen LogP contribution is -2.29. The smallest absolute Gasteiger partial charge is 0.127 e. The zero-order valence-corrected chi connectivity index (χ0v) is 22.2. The zero-order valence-electron chi connectivity index (χ0n) is 22.2. The highest BCUT2D eigenvalue weighted by Gasteiger charge is 2.33. The van der Waals surface area contributed by atoms with Crippen LogP contribution >= 0.6 is 0 Å². The summed E-state index contributed by atoms with van der Waals surface area (Å²) in [6.45, 7) is 32.4. The number of benzene rings is 1. The molecule has 1 aromatic carbocycles. The molecule has 0 saturated heterocycles. The van der Waals surface area contributed by atoms with Crippen LogP contribution in [0, 0.1) is 10.8 Å². The Labute approximate surface area is 183 Å². The van der Waals surface area contributed by atoms with Gasteiger partial charge in [0.1, 0.15) is 11.4 Å². The molecular weight excluding hydrogens is 352 g/mol. The average molecular weight is 403 g/mol. The van der Waals surface area contributed by atoms with Crippen molar-refractivity contribution in [2.75, 3.05) is 0 Å². The summed E-state index contributed by atoms with van der Waals surface area (Å²) < 4.78 is 6.81. The van der Waals surface area contributed by atoms with Gasteiger partial charge in [-0.1, -0.05) is 76.2 Å². The van der Waals surface area contributed by atoms with Crippen molar-refractivity contribution < 1.29 is 4.74 Å². The molecule has 0 bridgehead atoms. The predicted octanol–water partition coefficient (Wildman–Crippen LogP) is 8.46. The van der Waals surface area contributed by atoms with Crippen molar-refractivity contribution >= 4 is 0 Å². The molecule has 0 unspecified atom stereocenters. The molecule has 1 aromatic rings. The maximum absolute atomic E-state index is 6.81. The van der Waals surface area contributed by atoms with Gasteiger partial charge in [-0.25, -0.2) is 0 Å². The van der Waals surface area contributed by atoms with Crippen LogP contribution in [-0.2, 0) is 31.1 Å². The van der Waals surface area contributed by atoms with Crippen LogP contribution in [0.3, 0.4) is 0 Å². The molecular formula is C28H50O. The SMILES string of the molecule is CCc1c(CC(C)(C)C)c(OC(C)(C)C)c(CC(C)(C)C)c(CC)c1C(C)(C)C. The van der Waals surface area contributed by atoms with E-state index in [1.54, 1.807) is 5.56 Å². The summed E-state index contributed by atoms with van der Waals surface area (Å²) in [6.07, 6.45) is 4.21. The van der Waals surface area contributed by atoms with E-state index in [0.29, 0.717) is 0 Å². The minimum atomic E-state index is -0.210. The Hall–Kier alpha value is -0.980. The van der Waals surface area contributed by atoms with Crippen LogP contribution in [0.1, 0.15) is 125 Å². The second-order valence-electron chi connectivity index (χ2n) is 13.3. The molecule has 0 aliphatic rings. The average Bonchev–Trinajstić information content (AvgIpc) is 2.45. The first-order chi connectivity index (χ1) is 12.8. The Kier molecular flexibility index (Phi) is 7.76. The lowest BCUT2D eigenvalue weighted by atomic mass is 9.71. The summed E-state index contributed by atoms with van der Waals surface area (Å²) >= 11 is 0. The summed E-state index contributed by atoms with van der Waals surface area (Å²) in [5.41, 5.74) is 7.87. The molecule has 0 saturated carbocycles. The van der Waals surface area contributed by atoms with E-state index in [2.05, 4.69) is 96.9 Å². The second kappa shape index (κ2) is 8.64. The van der Waals surface area contributed by atoms with E-state index in [9.17, 15) is 0 Å². The summed E-state index contributed by atoms with van der Waals surface area (Å²) in [6, 6.07) is 0. The van der Waals surface area contributed by atoms with Crippen molar-refractivity contribution in [3.8, 4) is 5.75 Å². The van der Waals surface area contributed by atoms with Crippen LogP contribution in [0.4, 0.5) is 0 Å². The first kappa shape index (κ1) is 26.1. The zero-order chi connectivity index (χ0) is 23.0. The summed E-state index contributed by atoms with van der Waals surface area (Å²) in [7, 11) is 0.